The van der Waals surface area contributed by atoms with Crippen molar-refractivity contribution in [1.29, 1.82) is 0 Å². The van der Waals surface area contributed by atoms with E-state index in [4.69, 9.17) is 5.73 Å². The van der Waals surface area contributed by atoms with Crippen molar-refractivity contribution in [2.75, 3.05) is 12.3 Å². The summed E-state index contributed by atoms with van der Waals surface area (Å²) in [6, 6.07) is 5.45. The van der Waals surface area contributed by atoms with Gasteiger partial charge in [-0.2, -0.15) is 0 Å². The first-order valence-electron chi connectivity index (χ1n) is 6.96. The van der Waals surface area contributed by atoms with Gasteiger partial charge in [-0.15, -0.1) is 0 Å². The fraction of sp³-hybridized carbons (Fsp3) is 0.562. The van der Waals surface area contributed by atoms with Gasteiger partial charge in [0.1, 0.15) is 0 Å². The smallest absolute Gasteiger partial charge is 0.251 e. The second-order valence-electron chi connectivity index (χ2n) is 5.99. The Kier molecular flexibility index (Phi) is 5.40. The molecule has 0 aliphatic heterocycles. The number of carbonyl (C=O) groups excluding carboxylic acids is 1. The van der Waals surface area contributed by atoms with Crippen molar-refractivity contribution >= 4 is 11.6 Å². The van der Waals surface area contributed by atoms with Crippen LogP contribution in [0.3, 0.4) is 0 Å². The van der Waals surface area contributed by atoms with Crippen molar-refractivity contribution < 1.29 is 4.79 Å². The van der Waals surface area contributed by atoms with E-state index < -0.39 is 0 Å². The molecule has 19 heavy (non-hydrogen) atoms. The Hall–Kier alpha value is -1.51. The summed E-state index contributed by atoms with van der Waals surface area (Å²) in [5.41, 5.74) is 8.05. The van der Waals surface area contributed by atoms with Gasteiger partial charge in [0.2, 0.25) is 0 Å². The molecule has 0 bridgehead atoms. The minimum atomic E-state index is -0.0401. The standard InChI is InChI=1S/C16H26N2O/c1-10(2)15(11(3)4)9-18-16(19)13-6-12(5)7-14(17)8-13/h6-8,10-11,15H,9,17H2,1-5H3,(H,18,19). The highest BCUT2D eigenvalue weighted by Gasteiger charge is 2.18. The molecule has 1 aromatic rings. The van der Waals surface area contributed by atoms with Gasteiger partial charge in [0, 0.05) is 17.8 Å². The summed E-state index contributed by atoms with van der Waals surface area (Å²) < 4.78 is 0. The van der Waals surface area contributed by atoms with Gasteiger partial charge < -0.3 is 11.1 Å². The highest BCUT2D eigenvalue weighted by Crippen LogP contribution is 2.19. The molecule has 0 heterocycles. The first-order valence-corrected chi connectivity index (χ1v) is 6.96. The number of carbonyl (C=O) groups is 1. The van der Waals surface area contributed by atoms with Crippen molar-refractivity contribution in [1.82, 2.24) is 5.32 Å². The highest BCUT2D eigenvalue weighted by molar-refractivity contribution is 5.95. The maximum atomic E-state index is 12.1. The van der Waals surface area contributed by atoms with Gasteiger partial charge in [0.15, 0.2) is 0 Å². The molecular weight excluding hydrogens is 236 g/mol. The Bertz CT molecular complexity index is 410. The van der Waals surface area contributed by atoms with Crippen LogP contribution in [0.4, 0.5) is 5.69 Å². The van der Waals surface area contributed by atoms with Crippen molar-refractivity contribution in [3.05, 3.63) is 29.3 Å². The molecule has 3 heteroatoms. The van der Waals surface area contributed by atoms with Crippen LogP contribution in [0.5, 0.6) is 0 Å². The minimum absolute atomic E-state index is 0.0401. The molecule has 3 nitrogen and oxygen atoms in total. The number of nitrogens with one attached hydrogen (secondary N) is 1. The van der Waals surface area contributed by atoms with Gasteiger partial charge in [-0.3, -0.25) is 4.79 Å². The van der Waals surface area contributed by atoms with Crippen LogP contribution in [0.15, 0.2) is 18.2 Å². The molecular formula is C16H26N2O. The fourth-order valence-corrected chi connectivity index (χ4v) is 2.50. The van der Waals surface area contributed by atoms with Crippen molar-refractivity contribution in [3.8, 4) is 0 Å². The lowest BCUT2D eigenvalue weighted by molar-refractivity contribution is 0.0937. The second-order valence-corrected chi connectivity index (χ2v) is 5.99. The van der Waals surface area contributed by atoms with Crippen LogP contribution in [0.2, 0.25) is 0 Å². The third-order valence-corrected chi connectivity index (χ3v) is 3.57. The zero-order chi connectivity index (χ0) is 14.6. The average Bonchev–Trinajstić information content (AvgIpc) is 2.26. The van der Waals surface area contributed by atoms with Gasteiger partial charge in [0.25, 0.3) is 5.91 Å². The van der Waals surface area contributed by atoms with E-state index in [1.807, 2.05) is 19.1 Å². The summed E-state index contributed by atoms with van der Waals surface area (Å²) in [6.07, 6.45) is 0. The maximum absolute atomic E-state index is 12.1. The van der Waals surface area contributed by atoms with Crippen LogP contribution >= 0.6 is 0 Å². The molecule has 0 unspecified atom stereocenters. The Morgan fingerprint density at radius 3 is 2.21 bits per heavy atom. The fourth-order valence-electron chi connectivity index (χ4n) is 2.50. The summed E-state index contributed by atoms with van der Waals surface area (Å²) in [5, 5.41) is 3.02. The van der Waals surface area contributed by atoms with Gasteiger partial charge >= 0.3 is 0 Å². The molecule has 0 fully saturated rings. The normalized spacial score (nSPS) is 11.4. The van der Waals surface area contributed by atoms with Crippen molar-refractivity contribution in [2.45, 2.75) is 34.6 Å². The van der Waals surface area contributed by atoms with Crippen LogP contribution in [-0.4, -0.2) is 12.5 Å². The van der Waals surface area contributed by atoms with E-state index in [0.717, 1.165) is 5.56 Å². The van der Waals surface area contributed by atoms with Gasteiger partial charge in [-0.05, 0) is 48.4 Å². The van der Waals surface area contributed by atoms with Gasteiger partial charge in [0.05, 0.1) is 0 Å². The third-order valence-electron chi connectivity index (χ3n) is 3.57. The number of nitrogens with two attached hydrogens (primary N) is 1. The Morgan fingerprint density at radius 2 is 1.74 bits per heavy atom. The number of rotatable bonds is 5. The SMILES string of the molecule is Cc1cc(N)cc(C(=O)NCC(C(C)C)C(C)C)c1. The van der Waals surface area contributed by atoms with Crippen LogP contribution in [0, 0.1) is 24.7 Å². The quantitative estimate of drug-likeness (QED) is 0.800. The van der Waals surface area contributed by atoms with Gasteiger partial charge in [-0.25, -0.2) is 0 Å². The Morgan fingerprint density at radius 1 is 1.16 bits per heavy atom. The summed E-state index contributed by atoms with van der Waals surface area (Å²) >= 11 is 0. The molecule has 0 radical (unpaired) electrons. The molecule has 0 saturated heterocycles. The van der Waals surface area contributed by atoms with Crippen LogP contribution in [0.1, 0.15) is 43.6 Å². The molecule has 1 aromatic carbocycles. The van der Waals surface area contributed by atoms with E-state index in [9.17, 15) is 4.79 Å². The van der Waals surface area contributed by atoms with E-state index in [1.54, 1.807) is 6.07 Å². The third kappa shape index (κ3) is 4.58. The number of hydrogen-bond donors (Lipinski definition) is 2. The molecule has 106 valence electrons. The summed E-state index contributed by atoms with van der Waals surface area (Å²) in [4.78, 5) is 12.1. The van der Waals surface area contributed by atoms with E-state index in [2.05, 4.69) is 33.0 Å². The van der Waals surface area contributed by atoms with E-state index in [-0.39, 0.29) is 5.91 Å². The summed E-state index contributed by atoms with van der Waals surface area (Å²) in [5.74, 6) is 1.57. The Labute approximate surface area is 116 Å². The summed E-state index contributed by atoms with van der Waals surface area (Å²) in [7, 11) is 0. The molecule has 0 aliphatic carbocycles. The molecule has 0 aliphatic rings. The van der Waals surface area contributed by atoms with Crippen LogP contribution < -0.4 is 11.1 Å². The van der Waals surface area contributed by atoms with Crippen LogP contribution in [-0.2, 0) is 0 Å². The molecule has 0 saturated carbocycles. The lowest BCUT2D eigenvalue weighted by Crippen LogP contribution is -2.34. The molecule has 0 atom stereocenters. The van der Waals surface area contributed by atoms with Crippen LogP contribution in [0.25, 0.3) is 0 Å². The predicted octanol–water partition coefficient (Wildman–Crippen LogP) is 3.24. The van der Waals surface area contributed by atoms with E-state index in [0.29, 0.717) is 35.5 Å². The lowest BCUT2D eigenvalue weighted by Gasteiger charge is -2.25. The largest absolute Gasteiger partial charge is 0.399 e. The lowest BCUT2D eigenvalue weighted by atomic mass is 9.85. The summed E-state index contributed by atoms with van der Waals surface area (Å²) in [6.45, 7) is 11.4. The molecule has 0 spiro atoms. The number of nitrogen functional groups attached to an aromatic ring is 1. The molecule has 0 aromatic heterocycles. The average molecular weight is 262 g/mol. The first-order chi connectivity index (χ1) is 8.81. The molecule has 1 rings (SSSR count). The molecule has 3 N–H and O–H groups in total. The van der Waals surface area contributed by atoms with E-state index in [1.165, 1.54) is 0 Å². The topological polar surface area (TPSA) is 55.1 Å². The van der Waals surface area contributed by atoms with E-state index >= 15 is 0 Å². The van der Waals surface area contributed by atoms with Crippen molar-refractivity contribution in [3.63, 3.8) is 0 Å². The monoisotopic (exact) mass is 262 g/mol. The first kappa shape index (κ1) is 15.5. The number of anilines is 1. The zero-order valence-electron chi connectivity index (χ0n) is 12.7. The van der Waals surface area contributed by atoms with Crippen molar-refractivity contribution in [2.24, 2.45) is 17.8 Å². The number of hydrogen-bond acceptors (Lipinski definition) is 2. The molecule has 1 amide bonds. The predicted molar refractivity (Wildman–Crippen MR) is 81.1 cm³/mol. The second kappa shape index (κ2) is 6.60. The number of amides is 1. The van der Waals surface area contributed by atoms with Gasteiger partial charge in [-0.1, -0.05) is 27.7 Å². The number of benzene rings is 1. The number of aryl methyl sites for hydroxylation is 1. The Balaban J connectivity index is 2.69. The maximum Gasteiger partial charge on any atom is 0.251 e. The zero-order valence-corrected chi connectivity index (χ0v) is 12.7. The minimum Gasteiger partial charge on any atom is -0.399 e. The highest BCUT2D eigenvalue weighted by atomic mass is 16.1.